The van der Waals surface area contributed by atoms with Gasteiger partial charge in [-0.25, -0.2) is 0 Å². The van der Waals surface area contributed by atoms with E-state index in [1.165, 1.54) is 4.90 Å². The molecule has 6 nitrogen and oxygen atoms in total. The second kappa shape index (κ2) is 6.88. The smallest absolute Gasteiger partial charge is 0.325 e. The largest absolute Gasteiger partial charge is 0.465 e. The molecule has 0 aliphatic carbocycles. The lowest BCUT2D eigenvalue weighted by atomic mass is 10.1. The third-order valence-electron chi connectivity index (χ3n) is 2.98. The van der Waals surface area contributed by atoms with Gasteiger partial charge in [0.25, 0.3) is 5.91 Å². The molecule has 1 aromatic rings. The summed E-state index contributed by atoms with van der Waals surface area (Å²) in [5.74, 6) is -0.664. The van der Waals surface area contributed by atoms with Crippen molar-refractivity contribution in [3.63, 3.8) is 0 Å². The van der Waals surface area contributed by atoms with Crippen LogP contribution >= 0.6 is 0 Å². The number of nitrogens with zero attached hydrogens (tertiary/aromatic N) is 3. The molecule has 0 radical (unpaired) electrons. The van der Waals surface area contributed by atoms with Crippen LogP contribution in [0.3, 0.4) is 0 Å². The summed E-state index contributed by atoms with van der Waals surface area (Å²) in [5, 5.41) is 4.22. The van der Waals surface area contributed by atoms with Crippen molar-refractivity contribution in [2.45, 2.75) is 20.8 Å². The number of ether oxygens (including phenoxy) is 1. The third-order valence-corrected chi connectivity index (χ3v) is 2.98. The van der Waals surface area contributed by atoms with E-state index in [-0.39, 0.29) is 19.0 Å². The predicted octanol–water partition coefficient (Wildman–Crippen LogP) is 1.23. The highest BCUT2D eigenvalue weighted by Gasteiger charge is 2.24. The van der Waals surface area contributed by atoms with Crippen molar-refractivity contribution in [3.8, 4) is 0 Å². The monoisotopic (exact) mass is 279 g/mol. The highest BCUT2D eigenvalue weighted by molar-refractivity contribution is 5.98. The molecule has 0 aliphatic rings. The normalized spacial score (nSPS) is 10.2. The van der Waals surface area contributed by atoms with Crippen LogP contribution in [0.2, 0.25) is 0 Å². The van der Waals surface area contributed by atoms with Crippen LogP contribution in [0.1, 0.15) is 28.7 Å². The van der Waals surface area contributed by atoms with E-state index < -0.39 is 5.97 Å². The first-order valence-corrected chi connectivity index (χ1v) is 6.48. The lowest BCUT2D eigenvalue weighted by molar-refractivity contribution is -0.143. The number of carbonyl (C=O) groups excluding carboxylic acids is 2. The van der Waals surface area contributed by atoms with Crippen molar-refractivity contribution in [3.05, 3.63) is 29.6 Å². The van der Waals surface area contributed by atoms with E-state index in [0.717, 1.165) is 5.69 Å². The lowest BCUT2D eigenvalue weighted by Gasteiger charge is -2.20. The van der Waals surface area contributed by atoms with Crippen molar-refractivity contribution in [2.75, 3.05) is 19.7 Å². The summed E-state index contributed by atoms with van der Waals surface area (Å²) in [4.78, 5) is 25.5. The Labute approximate surface area is 119 Å². The first kappa shape index (κ1) is 15.9. The average Bonchev–Trinajstić information content (AvgIpc) is 2.62. The summed E-state index contributed by atoms with van der Waals surface area (Å²) in [6.45, 7) is 9.42. The van der Waals surface area contributed by atoms with Crippen LogP contribution in [0.4, 0.5) is 0 Å². The summed E-state index contributed by atoms with van der Waals surface area (Å²) in [7, 11) is 1.78. The standard InChI is InChI=1S/C14H21N3O3/c1-6-8-17(9-12(18)20-7-2)14(19)13-10(3)15-16(5)11(13)4/h6H,1,7-9H2,2-5H3. The zero-order valence-corrected chi connectivity index (χ0v) is 12.5. The van der Waals surface area contributed by atoms with Gasteiger partial charge in [-0.2, -0.15) is 5.10 Å². The molecule has 110 valence electrons. The third kappa shape index (κ3) is 3.46. The molecule has 0 bridgehead atoms. The van der Waals surface area contributed by atoms with Crippen LogP contribution in [0.5, 0.6) is 0 Å². The van der Waals surface area contributed by atoms with Crippen molar-refractivity contribution in [1.82, 2.24) is 14.7 Å². The van der Waals surface area contributed by atoms with Crippen LogP contribution in [-0.4, -0.2) is 46.3 Å². The van der Waals surface area contributed by atoms with E-state index in [9.17, 15) is 9.59 Å². The quantitative estimate of drug-likeness (QED) is 0.580. The minimum absolute atomic E-state index is 0.0908. The summed E-state index contributed by atoms with van der Waals surface area (Å²) < 4.78 is 6.53. The fourth-order valence-electron chi connectivity index (χ4n) is 1.98. The number of aryl methyl sites for hydroxylation is 2. The maximum atomic E-state index is 12.5. The SMILES string of the molecule is C=CCN(CC(=O)OCC)C(=O)c1c(C)nn(C)c1C. The summed E-state index contributed by atoms with van der Waals surface area (Å²) >= 11 is 0. The number of amides is 1. The number of hydrogen-bond donors (Lipinski definition) is 0. The van der Waals surface area contributed by atoms with E-state index in [0.29, 0.717) is 17.9 Å². The zero-order valence-electron chi connectivity index (χ0n) is 12.5. The first-order valence-electron chi connectivity index (χ1n) is 6.48. The molecular formula is C14H21N3O3. The Hall–Kier alpha value is -2.11. The number of hydrogen-bond acceptors (Lipinski definition) is 4. The van der Waals surface area contributed by atoms with E-state index in [4.69, 9.17) is 4.74 Å². The number of carbonyl (C=O) groups is 2. The van der Waals surface area contributed by atoms with E-state index >= 15 is 0 Å². The molecule has 0 spiro atoms. The highest BCUT2D eigenvalue weighted by Crippen LogP contribution is 2.15. The molecule has 0 aromatic carbocycles. The summed E-state index contributed by atoms with van der Waals surface area (Å²) in [6, 6.07) is 0. The Morgan fingerprint density at radius 2 is 2.10 bits per heavy atom. The molecular weight excluding hydrogens is 258 g/mol. The molecule has 20 heavy (non-hydrogen) atoms. The zero-order chi connectivity index (χ0) is 15.3. The fourth-order valence-corrected chi connectivity index (χ4v) is 1.98. The topological polar surface area (TPSA) is 64.4 Å². The van der Waals surface area contributed by atoms with E-state index in [2.05, 4.69) is 11.7 Å². The van der Waals surface area contributed by atoms with Crippen LogP contribution in [0.25, 0.3) is 0 Å². The minimum atomic E-state index is -0.429. The maximum absolute atomic E-state index is 12.5. The Kier molecular flexibility index (Phi) is 5.49. The molecule has 6 heteroatoms. The van der Waals surface area contributed by atoms with Crippen molar-refractivity contribution in [2.24, 2.45) is 7.05 Å². The molecule has 0 aliphatic heterocycles. The molecule has 1 amide bonds. The molecule has 0 atom stereocenters. The number of esters is 1. The van der Waals surface area contributed by atoms with Gasteiger partial charge in [0, 0.05) is 19.3 Å². The molecule has 0 unspecified atom stereocenters. The van der Waals surface area contributed by atoms with Crippen LogP contribution in [-0.2, 0) is 16.6 Å². The van der Waals surface area contributed by atoms with Crippen LogP contribution in [0, 0.1) is 13.8 Å². The van der Waals surface area contributed by atoms with Gasteiger partial charge >= 0.3 is 5.97 Å². The van der Waals surface area contributed by atoms with E-state index in [1.807, 2.05) is 6.92 Å². The van der Waals surface area contributed by atoms with E-state index in [1.54, 1.807) is 31.7 Å². The van der Waals surface area contributed by atoms with Gasteiger partial charge in [0.15, 0.2) is 0 Å². The number of aromatic nitrogens is 2. The molecule has 1 aromatic heterocycles. The first-order chi connectivity index (χ1) is 9.42. The van der Waals surface area contributed by atoms with Gasteiger partial charge < -0.3 is 9.64 Å². The van der Waals surface area contributed by atoms with Gasteiger partial charge in [-0.1, -0.05) is 6.08 Å². The molecule has 0 saturated heterocycles. The second-order valence-corrected chi connectivity index (χ2v) is 4.45. The lowest BCUT2D eigenvalue weighted by Crippen LogP contribution is -2.37. The second-order valence-electron chi connectivity index (χ2n) is 4.45. The summed E-state index contributed by atoms with van der Waals surface area (Å²) in [5.41, 5.74) is 1.94. The predicted molar refractivity (Wildman–Crippen MR) is 75.4 cm³/mol. The Bertz CT molecular complexity index is 520. The van der Waals surface area contributed by atoms with Crippen molar-refractivity contribution < 1.29 is 14.3 Å². The maximum Gasteiger partial charge on any atom is 0.325 e. The average molecular weight is 279 g/mol. The van der Waals surface area contributed by atoms with Gasteiger partial charge in [-0.3, -0.25) is 14.3 Å². The number of rotatable bonds is 6. The van der Waals surface area contributed by atoms with Gasteiger partial charge in [0.2, 0.25) is 0 Å². The van der Waals surface area contributed by atoms with Crippen molar-refractivity contribution in [1.29, 1.82) is 0 Å². The van der Waals surface area contributed by atoms with Gasteiger partial charge in [-0.15, -0.1) is 6.58 Å². The van der Waals surface area contributed by atoms with Gasteiger partial charge in [-0.05, 0) is 20.8 Å². The molecule has 0 N–H and O–H groups in total. The van der Waals surface area contributed by atoms with Crippen molar-refractivity contribution >= 4 is 11.9 Å². The van der Waals surface area contributed by atoms with Gasteiger partial charge in [0.1, 0.15) is 6.54 Å². The van der Waals surface area contributed by atoms with Crippen LogP contribution in [0.15, 0.2) is 12.7 Å². The molecule has 1 heterocycles. The summed E-state index contributed by atoms with van der Waals surface area (Å²) in [6.07, 6.45) is 1.58. The fraction of sp³-hybridized carbons (Fsp3) is 0.500. The van der Waals surface area contributed by atoms with Crippen LogP contribution < -0.4 is 0 Å². The Morgan fingerprint density at radius 3 is 2.55 bits per heavy atom. The molecule has 1 rings (SSSR count). The van der Waals surface area contributed by atoms with Gasteiger partial charge in [0.05, 0.1) is 17.9 Å². The molecule has 0 fully saturated rings. The highest BCUT2D eigenvalue weighted by atomic mass is 16.5. The molecule has 0 saturated carbocycles. The Balaban J connectivity index is 2.99. The Morgan fingerprint density at radius 1 is 1.45 bits per heavy atom. The minimum Gasteiger partial charge on any atom is -0.465 e.